The molecule has 1 fully saturated rings. The Kier molecular flexibility index (Phi) is 5.42. The van der Waals surface area contributed by atoms with Crippen LogP contribution < -0.4 is 5.73 Å². The van der Waals surface area contributed by atoms with E-state index in [1.54, 1.807) is 0 Å². The molecule has 0 bridgehead atoms. The Labute approximate surface area is 106 Å². The maximum Gasteiger partial charge on any atom is 0.0683 e. The van der Waals surface area contributed by atoms with E-state index in [2.05, 4.69) is 17.9 Å². The average molecular weight is 237 g/mol. The molecule has 1 aliphatic rings. The molecule has 2 N–H and O–H groups in total. The minimum Gasteiger partial charge on any atom is -0.328 e. The summed E-state index contributed by atoms with van der Waals surface area (Å²) in [6, 6.07) is 3.39. The molecule has 0 aromatic carbocycles. The van der Waals surface area contributed by atoms with E-state index in [0.29, 0.717) is 12.1 Å². The largest absolute Gasteiger partial charge is 0.328 e. The number of nitriles is 1. The molecule has 0 aliphatic carbocycles. The summed E-state index contributed by atoms with van der Waals surface area (Å²) in [5, 5.41) is 8.94. The number of piperidine rings is 1. The summed E-state index contributed by atoms with van der Waals surface area (Å²) in [5.41, 5.74) is 5.80. The molecule has 1 heterocycles. The van der Waals surface area contributed by atoms with E-state index >= 15 is 0 Å². The van der Waals surface area contributed by atoms with Crippen LogP contribution in [0, 0.1) is 16.7 Å². The van der Waals surface area contributed by atoms with Crippen molar-refractivity contribution in [2.45, 2.75) is 65.0 Å². The Morgan fingerprint density at radius 3 is 2.71 bits per heavy atom. The van der Waals surface area contributed by atoms with E-state index in [-0.39, 0.29) is 5.41 Å². The van der Waals surface area contributed by atoms with Crippen LogP contribution in [0.3, 0.4) is 0 Å². The van der Waals surface area contributed by atoms with Crippen LogP contribution in [0.4, 0.5) is 0 Å². The van der Waals surface area contributed by atoms with Gasteiger partial charge >= 0.3 is 0 Å². The molecular formula is C14H27N3. The van der Waals surface area contributed by atoms with Gasteiger partial charge in [-0.1, -0.05) is 6.42 Å². The van der Waals surface area contributed by atoms with Gasteiger partial charge in [-0.3, -0.25) is 0 Å². The molecule has 17 heavy (non-hydrogen) atoms. The monoisotopic (exact) mass is 237 g/mol. The van der Waals surface area contributed by atoms with Gasteiger partial charge in [-0.2, -0.15) is 5.26 Å². The van der Waals surface area contributed by atoms with Crippen LogP contribution >= 0.6 is 0 Å². The van der Waals surface area contributed by atoms with Crippen molar-refractivity contribution in [2.75, 3.05) is 13.1 Å². The first-order chi connectivity index (χ1) is 7.94. The second kappa shape index (κ2) is 6.37. The van der Waals surface area contributed by atoms with Crippen LogP contribution in [-0.2, 0) is 0 Å². The standard InChI is InChI=1S/C14H27N3/c1-12-10-13(16)6-9-17(12)8-5-4-7-14(2,3)11-15/h12-13H,4-10,16H2,1-3H3. The molecule has 1 saturated heterocycles. The van der Waals surface area contributed by atoms with E-state index in [0.717, 1.165) is 38.8 Å². The molecule has 0 amide bonds. The zero-order chi connectivity index (χ0) is 12.9. The summed E-state index contributed by atoms with van der Waals surface area (Å²) in [7, 11) is 0. The van der Waals surface area contributed by atoms with Crippen molar-refractivity contribution < 1.29 is 0 Å². The lowest BCUT2D eigenvalue weighted by molar-refractivity contribution is 0.144. The number of unbranched alkanes of at least 4 members (excludes halogenated alkanes) is 1. The van der Waals surface area contributed by atoms with Gasteiger partial charge in [0, 0.05) is 12.1 Å². The predicted molar refractivity (Wildman–Crippen MR) is 71.5 cm³/mol. The van der Waals surface area contributed by atoms with Crippen LogP contribution in [0.2, 0.25) is 0 Å². The highest BCUT2D eigenvalue weighted by molar-refractivity contribution is 4.91. The highest BCUT2D eigenvalue weighted by Gasteiger charge is 2.22. The third-order valence-corrected chi connectivity index (χ3v) is 3.85. The second-order valence-electron chi connectivity index (χ2n) is 6.12. The molecule has 0 radical (unpaired) electrons. The van der Waals surface area contributed by atoms with E-state index in [9.17, 15) is 0 Å². The highest BCUT2D eigenvalue weighted by Crippen LogP contribution is 2.22. The van der Waals surface area contributed by atoms with Gasteiger partial charge in [0.1, 0.15) is 0 Å². The first-order valence-corrected chi connectivity index (χ1v) is 6.85. The van der Waals surface area contributed by atoms with E-state index in [1.165, 1.54) is 6.42 Å². The van der Waals surface area contributed by atoms with Gasteiger partial charge in [-0.15, -0.1) is 0 Å². The second-order valence-corrected chi connectivity index (χ2v) is 6.12. The quantitative estimate of drug-likeness (QED) is 0.748. The number of hydrogen-bond donors (Lipinski definition) is 1. The molecular weight excluding hydrogens is 210 g/mol. The summed E-state index contributed by atoms with van der Waals surface area (Å²) < 4.78 is 0. The van der Waals surface area contributed by atoms with E-state index in [1.807, 2.05) is 13.8 Å². The van der Waals surface area contributed by atoms with Crippen molar-refractivity contribution in [3.63, 3.8) is 0 Å². The number of hydrogen-bond acceptors (Lipinski definition) is 3. The predicted octanol–water partition coefficient (Wildman–Crippen LogP) is 2.52. The van der Waals surface area contributed by atoms with Crippen molar-refractivity contribution in [2.24, 2.45) is 11.1 Å². The summed E-state index contributed by atoms with van der Waals surface area (Å²) in [4.78, 5) is 2.54. The number of likely N-dealkylation sites (tertiary alicyclic amines) is 1. The van der Waals surface area contributed by atoms with Gasteiger partial charge in [0.2, 0.25) is 0 Å². The number of nitrogens with zero attached hydrogens (tertiary/aromatic N) is 2. The van der Waals surface area contributed by atoms with Crippen LogP contribution in [0.25, 0.3) is 0 Å². The molecule has 0 saturated carbocycles. The van der Waals surface area contributed by atoms with Crippen LogP contribution in [0.5, 0.6) is 0 Å². The van der Waals surface area contributed by atoms with E-state index in [4.69, 9.17) is 11.0 Å². The summed E-state index contributed by atoms with van der Waals surface area (Å²) in [6.07, 6.45) is 5.61. The Bertz CT molecular complexity index is 267. The lowest BCUT2D eigenvalue weighted by Crippen LogP contribution is -2.45. The number of nitrogens with two attached hydrogens (primary N) is 1. The Balaban J connectivity index is 2.17. The van der Waals surface area contributed by atoms with Gasteiger partial charge in [0.05, 0.1) is 11.5 Å². The fourth-order valence-corrected chi connectivity index (χ4v) is 2.53. The minimum atomic E-state index is -0.157. The van der Waals surface area contributed by atoms with Crippen molar-refractivity contribution in [3.8, 4) is 6.07 Å². The first-order valence-electron chi connectivity index (χ1n) is 6.85. The molecule has 1 rings (SSSR count). The molecule has 3 nitrogen and oxygen atoms in total. The van der Waals surface area contributed by atoms with Crippen molar-refractivity contribution >= 4 is 0 Å². The topological polar surface area (TPSA) is 53.0 Å². The SMILES string of the molecule is CC1CC(N)CCN1CCCCC(C)(C)C#N. The summed E-state index contributed by atoms with van der Waals surface area (Å²) >= 11 is 0. The average Bonchev–Trinajstić information content (AvgIpc) is 2.27. The third-order valence-electron chi connectivity index (χ3n) is 3.85. The zero-order valence-corrected chi connectivity index (χ0v) is 11.6. The molecule has 1 aliphatic heterocycles. The summed E-state index contributed by atoms with van der Waals surface area (Å²) in [6.45, 7) is 8.63. The molecule has 0 aromatic rings. The molecule has 0 spiro atoms. The molecule has 98 valence electrons. The molecule has 2 unspecified atom stereocenters. The molecule has 3 heteroatoms. The van der Waals surface area contributed by atoms with Crippen molar-refractivity contribution in [1.29, 1.82) is 5.26 Å². The van der Waals surface area contributed by atoms with Crippen molar-refractivity contribution in [1.82, 2.24) is 4.90 Å². The third kappa shape index (κ3) is 5.06. The van der Waals surface area contributed by atoms with Crippen LogP contribution in [0.15, 0.2) is 0 Å². The van der Waals surface area contributed by atoms with E-state index < -0.39 is 0 Å². The zero-order valence-electron chi connectivity index (χ0n) is 11.6. The minimum absolute atomic E-state index is 0.157. The highest BCUT2D eigenvalue weighted by atomic mass is 15.2. The van der Waals surface area contributed by atoms with Crippen LogP contribution in [-0.4, -0.2) is 30.1 Å². The van der Waals surface area contributed by atoms with Gasteiger partial charge in [0.15, 0.2) is 0 Å². The van der Waals surface area contributed by atoms with Crippen LogP contribution in [0.1, 0.15) is 52.9 Å². The lowest BCUT2D eigenvalue weighted by atomic mass is 9.89. The Morgan fingerprint density at radius 2 is 2.12 bits per heavy atom. The fourth-order valence-electron chi connectivity index (χ4n) is 2.53. The lowest BCUT2D eigenvalue weighted by Gasteiger charge is -2.36. The Hall–Kier alpha value is -0.590. The smallest absolute Gasteiger partial charge is 0.0683 e. The maximum atomic E-state index is 8.94. The van der Waals surface area contributed by atoms with Gasteiger partial charge in [-0.25, -0.2) is 0 Å². The fraction of sp³-hybridized carbons (Fsp3) is 0.929. The normalized spacial score (nSPS) is 26.8. The maximum absolute atomic E-state index is 8.94. The number of rotatable bonds is 5. The van der Waals surface area contributed by atoms with Crippen molar-refractivity contribution in [3.05, 3.63) is 0 Å². The van der Waals surface area contributed by atoms with Gasteiger partial charge < -0.3 is 10.6 Å². The van der Waals surface area contributed by atoms with Gasteiger partial charge in [-0.05, 0) is 59.5 Å². The Morgan fingerprint density at radius 1 is 1.41 bits per heavy atom. The first kappa shape index (κ1) is 14.5. The summed E-state index contributed by atoms with van der Waals surface area (Å²) in [5.74, 6) is 0. The van der Waals surface area contributed by atoms with Gasteiger partial charge in [0.25, 0.3) is 0 Å². The molecule has 2 atom stereocenters. The molecule has 0 aromatic heterocycles.